The Morgan fingerprint density at radius 1 is 1.14 bits per heavy atom. The quantitative estimate of drug-likeness (QED) is 0.880. The van der Waals surface area contributed by atoms with Crippen LogP contribution in [-0.4, -0.2) is 34.0 Å². The second-order valence-electron chi connectivity index (χ2n) is 5.88. The van der Waals surface area contributed by atoms with E-state index in [1.807, 2.05) is 28.8 Å². The van der Waals surface area contributed by atoms with E-state index in [9.17, 15) is 0 Å². The minimum Gasteiger partial charge on any atom is -0.497 e. The molecule has 2 heterocycles. The van der Waals surface area contributed by atoms with Crippen LogP contribution in [0.3, 0.4) is 0 Å². The topological polar surface area (TPSA) is 64.0 Å². The van der Waals surface area contributed by atoms with Crippen LogP contribution in [0.2, 0.25) is 0 Å². The smallest absolute Gasteiger partial charge is 0.137 e. The molecule has 6 heteroatoms. The molecule has 1 aromatic carbocycles. The van der Waals surface area contributed by atoms with E-state index in [0.717, 1.165) is 30.1 Å². The number of aromatic nitrogens is 3. The largest absolute Gasteiger partial charge is 0.497 e. The molecule has 22 heavy (non-hydrogen) atoms. The van der Waals surface area contributed by atoms with Gasteiger partial charge in [0.05, 0.1) is 7.11 Å². The highest BCUT2D eigenvalue weighted by atomic mass is 16.5. The summed E-state index contributed by atoms with van der Waals surface area (Å²) >= 11 is 0. The van der Waals surface area contributed by atoms with Crippen molar-refractivity contribution in [2.45, 2.75) is 38.8 Å². The highest BCUT2D eigenvalue weighted by Gasteiger charge is 2.29. The van der Waals surface area contributed by atoms with Crippen LogP contribution in [0.25, 0.3) is 5.69 Å². The monoisotopic (exact) mass is 301 g/mol. The van der Waals surface area contributed by atoms with E-state index >= 15 is 0 Å². The van der Waals surface area contributed by atoms with Gasteiger partial charge in [0.2, 0.25) is 0 Å². The molecule has 0 aliphatic carbocycles. The van der Waals surface area contributed by atoms with Crippen LogP contribution in [0.1, 0.15) is 26.1 Å². The van der Waals surface area contributed by atoms with Crippen molar-refractivity contribution >= 4 is 0 Å². The Balaban J connectivity index is 1.71. The average Bonchev–Trinajstić information content (AvgIpc) is 3.13. The molecule has 0 radical (unpaired) electrons. The lowest BCUT2D eigenvalue weighted by molar-refractivity contribution is 0.409. The molecular weight excluding hydrogens is 278 g/mol. The third-order valence-corrected chi connectivity index (χ3v) is 4.49. The van der Waals surface area contributed by atoms with Crippen molar-refractivity contribution in [1.29, 1.82) is 0 Å². The first-order valence-corrected chi connectivity index (χ1v) is 7.73. The summed E-state index contributed by atoms with van der Waals surface area (Å²) in [6, 6.07) is 8.91. The number of rotatable bonds is 5. The predicted octanol–water partition coefficient (Wildman–Crippen LogP) is 1.71. The number of benzene rings is 1. The third kappa shape index (κ3) is 2.98. The van der Waals surface area contributed by atoms with Gasteiger partial charge in [0.15, 0.2) is 0 Å². The molecule has 3 rings (SSSR count). The molecule has 2 unspecified atom stereocenters. The minimum atomic E-state index is 0.479. The molecule has 2 atom stereocenters. The van der Waals surface area contributed by atoms with E-state index < -0.39 is 0 Å². The van der Waals surface area contributed by atoms with Crippen LogP contribution in [0.4, 0.5) is 0 Å². The molecule has 0 amide bonds. The molecule has 1 fully saturated rings. The molecule has 2 aromatic rings. The van der Waals surface area contributed by atoms with Crippen LogP contribution in [-0.2, 0) is 6.42 Å². The van der Waals surface area contributed by atoms with Crippen molar-refractivity contribution in [3.8, 4) is 11.4 Å². The van der Waals surface area contributed by atoms with E-state index in [0.29, 0.717) is 18.0 Å². The van der Waals surface area contributed by atoms with Gasteiger partial charge < -0.3 is 4.74 Å². The summed E-state index contributed by atoms with van der Waals surface area (Å²) in [5.74, 6) is 2.45. The number of hydrazine groups is 1. The number of nitrogens with one attached hydrogen (secondary N) is 2. The second-order valence-corrected chi connectivity index (χ2v) is 5.88. The van der Waals surface area contributed by atoms with Crippen LogP contribution >= 0.6 is 0 Å². The Labute approximate surface area is 130 Å². The van der Waals surface area contributed by atoms with Gasteiger partial charge in [-0.1, -0.05) is 0 Å². The van der Waals surface area contributed by atoms with Gasteiger partial charge in [-0.05, 0) is 50.5 Å². The van der Waals surface area contributed by atoms with Gasteiger partial charge >= 0.3 is 0 Å². The normalized spacial score (nSPS) is 24.6. The standard InChI is InChI=1S/C16H23N5O/c1-11-15(12(2)19-18-11)8-9-16-20-17-10-21(16)13-4-6-14(22-3)7-5-13/h4-7,10-12,15,18-19H,8-9H2,1-3H3. The zero-order chi connectivity index (χ0) is 15.5. The Bertz CT molecular complexity index is 599. The van der Waals surface area contributed by atoms with Gasteiger partial charge in [0, 0.05) is 24.2 Å². The molecule has 6 nitrogen and oxygen atoms in total. The summed E-state index contributed by atoms with van der Waals surface area (Å²) in [6.07, 6.45) is 3.76. The molecule has 0 spiro atoms. The summed E-state index contributed by atoms with van der Waals surface area (Å²) in [7, 11) is 1.67. The SMILES string of the molecule is COc1ccc(-n2cnnc2CCC2C(C)NNC2C)cc1. The molecule has 2 N–H and O–H groups in total. The van der Waals surface area contributed by atoms with Crippen LogP contribution < -0.4 is 15.6 Å². The maximum Gasteiger partial charge on any atom is 0.137 e. The van der Waals surface area contributed by atoms with Crippen molar-refractivity contribution < 1.29 is 4.74 Å². The van der Waals surface area contributed by atoms with Gasteiger partial charge in [-0.15, -0.1) is 10.2 Å². The highest BCUT2D eigenvalue weighted by Crippen LogP contribution is 2.22. The molecule has 0 bridgehead atoms. The van der Waals surface area contributed by atoms with E-state index in [2.05, 4.69) is 34.9 Å². The van der Waals surface area contributed by atoms with Gasteiger partial charge in [0.25, 0.3) is 0 Å². The van der Waals surface area contributed by atoms with Gasteiger partial charge in [0.1, 0.15) is 17.9 Å². The Morgan fingerprint density at radius 3 is 2.45 bits per heavy atom. The fourth-order valence-electron chi connectivity index (χ4n) is 3.09. The van der Waals surface area contributed by atoms with Crippen molar-refractivity contribution in [2.75, 3.05) is 7.11 Å². The van der Waals surface area contributed by atoms with Crippen molar-refractivity contribution in [1.82, 2.24) is 25.6 Å². The summed E-state index contributed by atoms with van der Waals surface area (Å²) < 4.78 is 7.25. The number of hydrogen-bond acceptors (Lipinski definition) is 5. The summed E-state index contributed by atoms with van der Waals surface area (Å²) in [6.45, 7) is 4.44. The molecular formula is C16H23N5O. The first kappa shape index (κ1) is 15.0. The first-order chi connectivity index (χ1) is 10.7. The van der Waals surface area contributed by atoms with Crippen LogP contribution in [0.15, 0.2) is 30.6 Å². The summed E-state index contributed by atoms with van der Waals surface area (Å²) in [4.78, 5) is 0. The lowest BCUT2D eigenvalue weighted by Crippen LogP contribution is -2.30. The van der Waals surface area contributed by atoms with E-state index in [1.54, 1.807) is 13.4 Å². The fourth-order valence-corrected chi connectivity index (χ4v) is 3.09. The van der Waals surface area contributed by atoms with E-state index in [1.165, 1.54) is 0 Å². The van der Waals surface area contributed by atoms with Crippen molar-refractivity contribution in [3.05, 3.63) is 36.4 Å². The molecule has 1 aromatic heterocycles. The van der Waals surface area contributed by atoms with Crippen molar-refractivity contribution in [2.24, 2.45) is 5.92 Å². The molecule has 1 saturated heterocycles. The van der Waals surface area contributed by atoms with E-state index in [4.69, 9.17) is 4.74 Å². The number of nitrogens with zero attached hydrogens (tertiary/aromatic N) is 3. The molecule has 118 valence electrons. The van der Waals surface area contributed by atoms with Crippen LogP contribution in [0.5, 0.6) is 5.75 Å². The van der Waals surface area contributed by atoms with E-state index in [-0.39, 0.29) is 0 Å². The van der Waals surface area contributed by atoms with Gasteiger partial charge in [-0.3, -0.25) is 15.4 Å². The van der Waals surface area contributed by atoms with Crippen LogP contribution in [0, 0.1) is 5.92 Å². The second kappa shape index (κ2) is 6.46. The minimum absolute atomic E-state index is 0.479. The predicted molar refractivity (Wildman–Crippen MR) is 84.9 cm³/mol. The lowest BCUT2D eigenvalue weighted by atomic mass is 9.91. The number of hydrogen-bond donors (Lipinski definition) is 2. The average molecular weight is 301 g/mol. The first-order valence-electron chi connectivity index (χ1n) is 7.73. The zero-order valence-corrected chi connectivity index (χ0v) is 13.3. The summed E-state index contributed by atoms with van der Waals surface area (Å²) in [5, 5.41) is 8.36. The maximum absolute atomic E-state index is 5.20. The molecule has 0 saturated carbocycles. The Kier molecular flexibility index (Phi) is 4.40. The zero-order valence-electron chi connectivity index (χ0n) is 13.3. The Hall–Kier alpha value is -1.92. The third-order valence-electron chi connectivity index (χ3n) is 4.49. The van der Waals surface area contributed by atoms with Crippen molar-refractivity contribution in [3.63, 3.8) is 0 Å². The summed E-state index contributed by atoms with van der Waals surface area (Å²) in [5.41, 5.74) is 7.66. The number of ether oxygens (including phenoxy) is 1. The number of aryl methyl sites for hydroxylation is 1. The highest BCUT2D eigenvalue weighted by molar-refractivity contribution is 5.37. The molecule has 1 aliphatic rings. The fraction of sp³-hybridized carbons (Fsp3) is 0.500. The number of methoxy groups -OCH3 is 1. The van der Waals surface area contributed by atoms with Gasteiger partial charge in [-0.2, -0.15) is 0 Å². The van der Waals surface area contributed by atoms with Gasteiger partial charge in [-0.25, -0.2) is 0 Å². The maximum atomic E-state index is 5.20. The lowest BCUT2D eigenvalue weighted by Gasteiger charge is -2.17. The molecule has 1 aliphatic heterocycles. The Morgan fingerprint density at radius 2 is 1.82 bits per heavy atom.